The first-order valence-corrected chi connectivity index (χ1v) is 10.7. The minimum absolute atomic E-state index is 0.0443. The monoisotopic (exact) mass is 391 g/mol. The molecule has 7 heteroatoms. The summed E-state index contributed by atoms with van der Waals surface area (Å²) in [7, 11) is 0. The van der Waals surface area contributed by atoms with Gasteiger partial charge in [0, 0.05) is 4.88 Å². The molecule has 2 bridgehead atoms. The number of esters is 2. The highest BCUT2D eigenvalue weighted by molar-refractivity contribution is 7.17. The van der Waals surface area contributed by atoms with Crippen molar-refractivity contribution < 1.29 is 23.9 Å². The molecule has 3 aliphatic carbocycles. The van der Waals surface area contributed by atoms with Crippen molar-refractivity contribution in [3.63, 3.8) is 0 Å². The minimum atomic E-state index is -0.406. The van der Waals surface area contributed by atoms with Crippen LogP contribution in [0.4, 0.5) is 5.00 Å². The SMILES string of the molecule is CCOC(=O)c1c(NC(=O)COC(=O)C2CC3CCC2C3)sc2c1CCC2. The largest absolute Gasteiger partial charge is 0.462 e. The van der Waals surface area contributed by atoms with E-state index in [1.807, 2.05) is 0 Å². The van der Waals surface area contributed by atoms with E-state index in [1.165, 1.54) is 17.8 Å². The summed E-state index contributed by atoms with van der Waals surface area (Å²) in [5.41, 5.74) is 1.47. The molecule has 0 saturated heterocycles. The van der Waals surface area contributed by atoms with Crippen LogP contribution in [0, 0.1) is 17.8 Å². The number of thiophene rings is 1. The molecule has 3 unspecified atom stereocenters. The van der Waals surface area contributed by atoms with E-state index >= 15 is 0 Å². The molecule has 1 N–H and O–H groups in total. The Morgan fingerprint density at radius 3 is 2.70 bits per heavy atom. The third-order valence-electron chi connectivity index (χ3n) is 6.04. The maximum Gasteiger partial charge on any atom is 0.341 e. The van der Waals surface area contributed by atoms with Crippen molar-refractivity contribution >= 4 is 34.2 Å². The zero-order valence-corrected chi connectivity index (χ0v) is 16.4. The molecule has 0 aliphatic heterocycles. The van der Waals surface area contributed by atoms with Crippen molar-refractivity contribution in [2.24, 2.45) is 17.8 Å². The highest BCUT2D eigenvalue weighted by Gasteiger charge is 2.44. The number of hydrogen-bond donors (Lipinski definition) is 1. The summed E-state index contributed by atoms with van der Waals surface area (Å²) in [6.45, 7) is 1.74. The fourth-order valence-electron chi connectivity index (χ4n) is 4.85. The van der Waals surface area contributed by atoms with E-state index in [0.717, 1.165) is 49.0 Å². The van der Waals surface area contributed by atoms with Gasteiger partial charge in [-0.3, -0.25) is 9.59 Å². The second-order valence-electron chi connectivity index (χ2n) is 7.72. The van der Waals surface area contributed by atoms with E-state index in [-0.39, 0.29) is 25.1 Å². The first-order valence-electron chi connectivity index (χ1n) is 9.85. The molecule has 0 spiro atoms. The zero-order valence-electron chi connectivity index (χ0n) is 15.5. The predicted octanol–water partition coefficient (Wildman–Crippen LogP) is 3.33. The maximum absolute atomic E-state index is 12.3. The van der Waals surface area contributed by atoms with Gasteiger partial charge in [-0.2, -0.15) is 0 Å². The third-order valence-corrected chi connectivity index (χ3v) is 7.25. The summed E-state index contributed by atoms with van der Waals surface area (Å²) in [5, 5.41) is 3.27. The van der Waals surface area contributed by atoms with Gasteiger partial charge in [0.15, 0.2) is 6.61 Å². The number of rotatable bonds is 6. The van der Waals surface area contributed by atoms with Crippen LogP contribution in [0.5, 0.6) is 0 Å². The number of ether oxygens (including phenoxy) is 2. The van der Waals surface area contributed by atoms with Crippen LogP contribution in [0.3, 0.4) is 0 Å². The van der Waals surface area contributed by atoms with Crippen LogP contribution in [0.2, 0.25) is 0 Å². The van der Waals surface area contributed by atoms with Crippen molar-refractivity contribution in [1.29, 1.82) is 0 Å². The lowest BCUT2D eigenvalue weighted by atomic mass is 9.89. The van der Waals surface area contributed by atoms with Gasteiger partial charge in [0.2, 0.25) is 0 Å². The topological polar surface area (TPSA) is 81.7 Å². The lowest BCUT2D eigenvalue weighted by Crippen LogP contribution is -2.27. The Morgan fingerprint density at radius 1 is 1.15 bits per heavy atom. The van der Waals surface area contributed by atoms with Crippen LogP contribution in [-0.2, 0) is 31.9 Å². The average Bonchev–Trinajstić information content (AvgIpc) is 3.40. The van der Waals surface area contributed by atoms with Gasteiger partial charge in [-0.15, -0.1) is 11.3 Å². The lowest BCUT2D eigenvalue weighted by Gasteiger charge is -2.19. The van der Waals surface area contributed by atoms with Crippen molar-refractivity contribution in [3.8, 4) is 0 Å². The summed E-state index contributed by atoms with van der Waals surface area (Å²) in [5.74, 6) is -0.0137. The number of amides is 1. The van der Waals surface area contributed by atoms with E-state index in [0.29, 0.717) is 22.4 Å². The third kappa shape index (κ3) is 3.61. The summed E-state index contributed by atoms with van der Waals surface area (Å²) in [6.07, 6.45) is 7.10. The Labute approximate surface area is 162 Å². The molecule has 0 radical (unpaired) electrons. The van der Waals surface area contributed by atoms with Gasteiger partial charge in [0.25, 0.3) is 5.91 Å². The Morgan fingerprint density at radius 2 is 2.00 bits per heavy atom. The van der Waals surface area contributed by atoms with Crippen LogP contribution in [-0.4, -0.2) is 31.1 Å². The van der Waals surface area contributed by atoms with Crippen molar-refractivity contribution in [3.05, 3.63) is 16.0 Å². The standard InChI is InChI=1S/C20H25NO5S/c1-2-25-20(24)17-13-4-3-5-15(13)27-18(17)21-16(22)10-26-19(23)14-9-11-6-7-12(14)8-11/h11-12,14H,2-10H2,1H3,(H,21,22). The number of aryl methyl sites for hydroxylation is 1. The molecule has 2 saturated carbocycles. The molecule has 4 rings (SSSR count). The molecule has 1 amide bonds. The highest BCUT2D eigenvalue weighted by Crippen LogP contribution is 2.48. The van der Waals surface area contributed by atoms with E-state index in [2.05, 4.69) is 5.32 Å². The molecule has 146 valence electrons. The van der Waals surface area contributed by atoms with Crippen LogP contribution in [0.1, 0.15) is 59.8 Å². The van der Waals surface area contributed by atoms with Crippen LogP contribution in [0.25, 0.3) is 0 Å². The number of fused-ring (bicyclic) bond motifs is 3. The molecule has 2 fully saturated rings. The second-order valence-corrected chi connectivity index (χ2v) is 8.82. The summed E-state index contributed by atoms with van der Waals surface area (Å²) >= 11 is 1.43. The lowest BCUT2D eigenvalue weighted by molar-refractivity contribution is -0.153. The summed E-state index contributed by atoms with van der Waals surface area (Å²) < 4.78 is 10.4. The molecular weight excluding hydrogens is 366 g/mol. The van der Waals surface area contributed by atoms with Gasteiger partial charge in [0.1, 0.15) is 5.00 Å². The Balaban J connectivity index is 1.37. The quantitative estimate of drug-likeness (QED) is 0.752. The predicted molar refractivity (Wildman–Crippen MR) is 101 cm³/mol. The first-order chi connectivity index (χ1) is 13.1. The smallest absolute Gasteiger partial charge is 0.341 e. The van der Waals surface area contributed by atoms with Crippen molar-refractivity contribution in [2.75, 3.05) is 18.5 Å². The van der Waals surface area contributed by atoms with Gasteiger partial charge >= 0.3 is 11.9 Å². The van der Waals surface area contributed by atoms with E-state index in [9.17, 15) is 14.4 Å². The molecule has 1 heterocycles. The molecular formula is C20H25NO5S. The van der Waals surface area contributed by atoms with E-state index < -0.39 is 11.9 Å². The van der Waals surface area contributed by atoms with Crippen molar-refractivity contribution in [2.45, 2.75) is 51.9 Å². The fraction of sp³-hybridized carbons (Fsp3) is 0.650. The van der Waals surface area contributed by atoms with Crippen molar-refractivity contribution in [1.82, 2.24) is 0 Å². The number of carbonyl (C=O) groups excluding carboxylic acids is 3. The second kappa shape index (κ2) is 7.62. The van der Waals surface area contributed by atoms with Gasteiger partial charge in [0.05, 0.1) is 18.1 Å². The average molecular weight is 391 g/mol. The minimum Gasteiger partial charge on any atom is -0.462 e. The number of hydrogen-bond acceptors (Lipinski definition) is 6. The number of carbonyl (C=O) groups is 3. The fourth-order valence-corrected chi connectivity index (χ4v) is 6.14. The molecule has 3 aliphatic rings. The van der Waals surface area contributed by atoms with E-state index in [1.54, 1.807) is 6.92 Å². The molecule has 1 aromatic heterocycles. The summed E-state index contributed by atoms with van der Waals surface area (Å²) in [6, 6.07) is 0. The highest BCUT2D eigenvalue weighted by atomic mass is 32.1. The Kier molecular flexibility index (Phi) is 5.21. The Hall–Kier alpha value is -1.89. The summed E-state index contributed by atoms with van der Waals surface area (Å²) in [4.78, 5) is 38.1. The van der Waals surface area contributed by atoms with Gasteiger partial charge in [-0.05, 0) is 62.8 Å². The van der Waals surface area contributed by atoms with Gasteiger partial charge in [-0.25, -0.2) is 4.79 Å². The van der Waals surface area contributed by atoms with Crippen LogP contribution in [0.15, 0.2) is 0 Å². The molecule has 1 aromatic rings. The Bertz CT molecular complexity index is 771. The molecule has 0 aromatic carbocycles. The maximum atomic E-state index is 12.3. The van der Waals surface area contributed by atoms with E-state index in [4.69, 9.17) is 9.47 Å². The van der Waals surface area contributed by atoms with Crippen LogP contribution < -0.4 is 5.32 Å². The first kappa shape index (κ1) is 18.5. The number of anilines is 1. The number of nitrogens with one attached hydrogen (secondary N) is 1. The zero-order chi connectivity index (χ0) is 19.0. The molecule has 6 nitrogen and oxygen atoms in total. The van der Waals surface area contributed by atoms with Crippen LogP contribution >= 0.6 is 11.3 Å². The molecule has 27 heavy (non-hydrogen) atoms. The van der Waals surface area contributed by atoms with Gasteiger partial charge < -0.3 is 14.8 Å². The van der Waals surface area contributed by atoms with Gasteiger partial charge in [-0.1, -0.05) is 6.42 Å². The normalized spacial score (nSPS) is 25.3. The molecule has 3 atom stereocenters.